The Morgan fingerprint density at radius 1 is 1.08 bits per heavy atom. The zero-order valence-electron chi connectivity index (χ0n) is 16.0. The molecule has 0 saturated carbocycles. The van der Waals surface area contributed by atoms with Crippen molar-refractivity contribution in [3.05, 3.63) is 59.2 Å². The highest BCUT2D eigenvalue weighted by Crippen LogP contribution is 2.39. The molecule has 0 radical (unpaired) electrons. The van der Waals surface area contributed by atoms with Gasteiger partial charge in [-0.05, 0) is 28.2 Å². The summed E-state index contributed by atoms with van der Waals surface area (Å²) in [6.07, 6.45) is 0.464. The summed E-state index contributed by atoms with van der Waals surface area (Å²) in [5.74, 6) is 0.849. The third-order valence-corrected chi connectivity index (χ3v) is 4.80. The number of fused-ring (bicyclic) bond motifs is 1. The first-order valence-corrected chi connectivity index (χ1v) is 9.04. The summed E-state index contributed by atoms with van der Waals surface area (Å²) < 4.78 is 10.7. The minimum Gasteiger partial charge on any atom is -0.491 e. The molecular weight excluding hydrogens is 326 g/mol. The van der Waals surface area contributed by atoms with Gasteiger partial charge in [-0.25, -0.2) is 0 Å². The third-order valence-electron chi connectivity index (χ3n) is 4.80. The van der Waals surface area contributed by atoms with Crippen molar-refractivity contribution >= 4 is 11.6 Å². The maximum absolute atomic E-state index is 12.2. The van der Waals surface area contributed by atoms with Crippen LogP contribution in [0.2, 0.25) is 0 Å². The third kappa shape index (κ3) is 4.07. The first-order chi connectivity index (χ1) is 12.4. The van der Waals surface area contributed by atoms with Gasteiger partial charge in [0.05, 0.1) is 6.61 Å². The van der Waals surface area contributed by atoms with Gasteiger partial charge in [0.2, 0.25) is 5.91 Å². The standard InChI is InChI=1S/C22H27NO3/c1-22(2,3)16-7-5-15(6-8-16)19-14-21(24)23-20-13-17(9-10-18(19)20)26-12-11-25-4/h5-10,13,19H,11-12,14H2,1-4H3,(H,23,24). The van der Waals surface area contributed by atoms with Gasteiger partial charge in [-0.3, -0.25) is 4.79 Å². The molecule has 0 spiro atoms. The summed E-state index contributed by atoms with van der Waals surface area (Å²) in [4.78, 5) is 12.2. The number of hydrogen-bond acceptors (Lipinski definition) is 3. The number of benzene rings is 2. The van der Waals surface area contributed by atoms with E-state index in [2.05, 4.69) is 56.4 Å². The monoisotopic (exact) mass is 353 g/mol. The predicted octanol–water partition coefficient (Wildman–Crippen LogP) is 4.48. The Balaban J connectivity index is 1.87. The molecule has 2 aromatic rings. The van der Waals surface area contributed by atoms with Crippen LogP contribution in [0.4, 0.5) is 5.69 Å². The van der Waals surface area contributed by atoms with Crippen molar-refractivity contribution in [2.75, 3.05) is 25.6 Å². The molecule has 0 aromatic heterocycles. The fourth-order valence-corrected chi connectivity index (χ4v) is 3.29. The van der Waals surface area contributed by atoms with Crippen LogP contribution in [0, 0.1) is 0 Å². The highest BCUT2D eigenvalue weighted by molar-refractivity contribution is 5.95. The van der Waals surface area contributed by atoms with Crippen LogP contribution >= 0.6 is 0 Å². The van der Waals surface area contributed by atoms with Crippen molar-refractivity contribution < 1.29 is 14.3 Å². The van der Waals surface area contributed by atoms with Crippen LogP contribution in [0.3, 0.4) is 0 Å². The number of rotatable bonds is 5. The van der Waals surface area contributed by atoms with Crippen LogP contribution in [0.15, 0.2) is 42.5 Å². The van der Waals surface area contributed by atoms with Crippen LogP contribution < -0.4 is 10.1 Å². The average Bonchev–Trinajstić information content (AvgIpc) is 2.60. The summed E-state index contributed by atoms with van der Waals surface area (Å²) in [5, 5.41) is 2.98. The summed E-state index contributed by atoms with van der Waals surface area (Å²) in [7, 11) is 1.64. The molecule has 0 bridgehead atoms. The van der Waals surface area contributed by atoms with Crippen LogP contribution in [0.5, 0.6) is 5.75 Å². The van der Waals surface area contributed by atoms with E-state index in [1.54, 1.807) is 7.11 Å². The van der Waals surface area contributed by atoms with Crippen molar-refractivity contribution in [3.63, 3.8) is 0 Å². The Hall–Kier alpha value is -2.33. The number of carbonyl (C=O) groups excluding carboxylic acids is 1. The molecule has 2 aromatic carbocycles. The van der Waals surface area contributed by atoms with Crippen molar-refractivity contribution in [1.82, 2.24) is 0 Å². The van der Waals surface area contributed by atoms with Gasteiger partial charge in [-0.1, -0.05) is 51.1 Å². The molecule has 1 aliphatic heterocycles. The van der Waals surface area contributed by atoms with Gasteiger partial charge < -0.3 is 14.8 Å². The molecule has 1 atom stereocenters. The highest BCUT2D eigenvalue weighted by Gasteiger charge is 2.27. The zero-order chi connectivity index (χ0) is 18.7. The van der Waals surface area contributed by atoms with Crippen molar-refractivity contribution in [3.8, 4) is 5.75 Å². The molecule has 0 fully saturated rings. The van der Waals surface area contributed by atoms with Crippen LogP contribution in [-0.4, -0.2) is 26.2 Å². The molecule has 4 nitrogen and oxygen atoms in total. The lowest BCUT2D eigenvalue weighted by Crippen LogP contribution is -2.23. The largest absolute Gasteiger partial charge is 0.491 e. The number of amides is 1. The number of nitrogens with one attached hydrogen (secondary N) is 1. The lowest BCUT2D eigenvalue weighted by Gasteiger charge is -2.27. The second-order valence-corrected chi connectivity index (χ2v) is 7.77. The molecule has 1 amide bonds. The molecule has 4 heteroatoms. The predicted molar refractivity (Wildman–Crippen MR) is 104 cm³/mol. The number of anilines is 1. The molecular formula is C22H27NO3. The summed E-state index contributed by atoms with van der Waals surface area (Å²) in [6.45, 7) is 7.64. The van der Waals surface area contributed by atoms with Crippen LogP contribution in [0.1, 0.15) is 49.8 Å². The quantitative estimate of drug-likeness (QED) is 0.806. The van der Waals surface area contributed by atoms with Gasteiger partial charge in [0.25, 0.3) is 0 Å². The van der Waals surface area contributed by atoms with Crippen molar-refractivity contribution in [1.29, 1.82) is 0 Å². The fraction of sp³-hybridized carbons (Fsp3) is 0.409. The molecule has 0 aliphatic carbocycles. The van der Waals surface area contributed by atoms with E-state index >= 15 is 0 Å². The Labute approximate surface area is 155 Å². The number of carbonyl (C=O) groups is 1. The Kier molecular flexibility index (Phi) is 5.33. The highest BCUT2D eigenvalue weighted by atomic mass is 16.5. The minimum absolute atomic E-state index is 0.0384. The first kappa shape index (κ1) is 18.5. The minimum atomic E-state index is 0.0384. The lowest BCUT2D eigenvalue weighted by molar-refractivity contribution is -0.116. The molecule has 138 valence electrons. The topological polar surface area (TPSA) is 47.6 Å². The van der Waals surface area contributed by atoms with Gasteiger partial charge in [-0.15, -0.1) is 0 Å². The molecule has 26 heavy (non-hydrogen) atoms. The summed E-state index contributed by atoms with van der Waals surface area (Å²) in [6, 6.07) is 14.6. The maximum atomic E-state index is 12.2. The van der Waals surface area contributed by atoms with Crippen LogP contribution in [-0.2, 0) is 14.9 Å². The van der Waals surface area contributed by atoms with Gasteiger partial charge >= 0.3 is 0 Å². The molecule has 3 rings (SSSR count). The van der Waals surface area contributed by atoms with E-state index in [1.165, 1.54) is 11.1 Å². The first-order valence-electron chi connectivity index (χ1n) is 9.04. The zero-order valence-corrected chi connectivity index (χ0v) is 16.0. The van der Waals surface area contributed by atoms with Crippen molar-refractivity contribution in [2.45, 2.75) is 38.5 Å². The summed E-state index contributed by atoms with van der Waals surface area (Å²) >= 11 is 0. The van der Waals surface area contributed by atoms with Gasteiger partial charge in [0.1, 0.15) is 12.4 Å². The van der Waals surface area contributed by atoms with E-state index in [9.17, 15) is 4.79 Å². The molecule has 1 aliphatic rings. The SMILES string of the molecule is COCCOc1ccc2c(c1)NC(=O)CC2c1ccc(C(C)(C)C)cc1. The Bertz CT molecular complexity index is 775. The number of ether oxygens (including phenoxy) is 2. The molecule has 1 unspecified atom stereocenters. The molecule has 0 saturated heterocycles. The van der Waals surface area contributed by atoms with Crippen molar-refractivity contribution in [2.24, 2.45) is 0 Å². The summed E-state index contributed by atoms with van der Waals surface area (Å²) in [5.41, 5.74) is 4.55. The van der Waals surface area contributed by atoms with Gasteiger partial charge in [0.15, 0.2) is 0 Å². The van der Waals surface area contributed by atoms with E-state index in [0.29, 0.717) is 19.6 Å². The van der Waals surface area contributed by atoms with Crippen LogP contribution in [0.25, 0.3) is 0 Å². The second-order valence-electron chi connectivity index (χ2n) is 7.77. The molecule has 1 N–H and O–H groups in total. The van der Waals surface area contributed by atoms with E-state index < -0.39 is 0 Å². The average molecular weight is 353 g/mol. The second kappa shape index (κ2) is 7.50. The lowest BCUT2D eigenvalue weighted by atomic mass is 9.82. The van der Waals surface area contributed by atoms with E-state index in [1.807, 2.05) is 12.1 Å². The number of hydrogen-bond donors (Lipinski definition) is 1. The van der Waals surface area contributed by atoms with Gasteiger partial charge in [-0.2, -0.15) is 0 Å². The maximum Gasteiger partial charge on any atom is 0.225 e. The fourth-order valence-electron chi connectivity index (χ4n) is 3.29. The van der Waals surface area contributed by atoms with E-state index in [-0.39, 0.29) is 17.2 Å². The normalized spacial score (nSPS) is 16.8. The molecule has 1 heterocycles. The van der Waals surface area contributed by atoms with Gasteiger partial charge in [0, 0.05) is 31.2 Å². The smallest absolute Gasteiger partial charge is 0.225 e. The Morgan fingerprint density at radius 2 is 1.81 bits per heavy atom. The Morgan fingerprint density at radius 3 is 2.46 bits per heavy atom. The van der Waals surface area contributed by atoms with E-state index in [0.717, 1.165) is 17.0 Å². The number of methoxy groups -OCH3 is 1. The van der Waals surface area contributed by atoms with E-state index in [4.69, 9.17) is 9.47 Å².